The lowest BCUT2D eigenvalue weighted by molar-refractivity contribution is -0.137. The van der Waals surface area contributed by atoms with Crippen molar-refractivity contribution in [2.45, 2.75) is 25.1 Å². The minimum absolute atomic E-state index is 0. The predicted octanol–water partition coefficient (Wildman–Crippen LogP) is 4.06. The third-order valence-electron chi connectivity index (χ3n) is 4.85. The Balaban J connectivity index is 0.00000169. The molecular weight excluding hydrogens is 395 g/mol. The number of benzene rings is 1. The van der Waals surface area contributed by atoms with Crippen LogP contribution in [0, 0.1) is 11.7 Å². The van der Waals surface area contributed by atoms with Gasteiger partial charge in [0.15, 0.2) is 0 Å². The Hall–Kier alpha value is -0.600. The number of ether oxygens (including phenoxy) is 1. The van der Waals surface area contributed by atoms with Gasteiger partial charge in [0, 0.05) is 45.4 Å². The third kappa shape index (κ3) is 5.70. The quantitative estimate of drug-likeness (QED) is 0.748. The van der Waals surface area contributed by atoms with E-state index < -0.39 is 17.6 Å². The van der Waals surface area contributed by atoms with Crippen molar-refractivity contribution >= 4 is 24.8 Å². The van der Waals surface area contributed by atoms with Gasteiger partial charge in [-0.3, -0.25) is 4.90 Å². The molecule has 26 heavy (non-hydrogen) atoms. The lowest BCUT2D eigenvalue weighted by atomic mass is 9.85. The smallest absolute Gasteiger partial charge is 0.381 e. The van der Waals surface area contributed by atoms with Crippen LogP contribution in [-0.2, 0) is 10.9 Å². The van der Waals surface area contributed by atoms with Crippen molar-refractivity contribution in [3.63, 3.8) is 0 Å². The number of nitrogens with zero attached hydrogens (tertiary/aromatic N) is 1. The van der Waals surface area contributed by atoms with Crippen LogP contribution in [0.5, 0.6) is 0 Å². The number of nitrogens with one attached hydrogen (secondary N) is 1. The monoisotopic (exact) mass is 418 g/mol. The van der Waals surface area contributed by atoms with Crippen molar-refractivity contribution in [3.05, 3.63) is 35.1 Å². The molecule has 1 aromatic carbocycles. The van der Waals surface area contributed by atoms with Gasteiger partial charge in [-0.15, -0.1) is 24.8 Å². The van der Waals surface area contributed by atoms with Crippen molar-refractivity contribution in [3.8, 4) is 0 Å². The molecule has 1 N–H and O–H groups in total. The van der Waals surface area contributed by atoms with Gasteiger partial charge in [-0.2, -0.15) is 13.2 Å². The van der Waals surface area contributed by atoms with Crippen molar-refractivity contribution in [1.29, 1.82) is 0 Å². The molecule has 1 aromatic rings. The maximum Gasteiger partial charge on any atom is 0.416 e. The van der Waals surface area contributed by atoms with Crippen LogP contribution in [0.15, 0.2) is 18.2 Å². The highest BCUT2D eigenvalue weighted by Crippen LogP contribution is 2.38. The van der Waals surface area contributed by atoms with Crippen LogP contribution in [0.3, 0.4) is 0 Å². The van der Waals surface area contributed by atoms with Crippen LogP contribution in [0.2, 0.25) is 0 Å². The fraction of sp³-hybridized carbons (Fsp3) is 0.647. The Morgan fingerprint density at radius 3 is 2.23 bits per heavy atom. The molecule has 2 aliphatic heterocycles. The minimum atomic E-state index is -4.54. The largest absolute Gasteiger partial charge is 0.416 e. The molecule has 0 saturated carbocycles. The average Bonchev–Trinajstić information content (AvgIpc) is 2.56. The topological polar surface area (TPSA) is 24.5 Å². The first-order valence-corrected chi connectivity index (χ1v) is 8.35. The van der Waals surface area contributed by atoms with Crippen LogP contribution in [-0.4, -0.2) is 44.3 Å². The number of hydrogen-bond acceptors (Lipinski definition) is 3. The number of rotatable bonds is 3. The molecule has 0 aromatic heterocycles. The second-order valence-electron chi connectivity index (χ2n) is 6.45. The second kappa shape index (κ2) is 10.1. The Morgan fingerprint density at radius 2 is 1.65 bits per heavy atom. The fourth-order valence-corrected chi connectivity index (χ4v) is 3.72. The fourth-order valence-electron chi connectivity index (χ4n) is 3.72. The summed E-state index contributed by atoms with van der Waals surface area (Å²) in [5.41, 5.74) is -0.485. The molecule has 0 unspecified atom stereocenters. The van der Waals surface area contributed by atoms with Crippen LogP contribution in [0.1, 0.15) is 30.0 Å². The van der Waals surface area contributed by atoms with E-state index in [0.717, 1.165) is 45.1 Å². The van der Waals surface area contributed by atoms with E-state index in [1.54, 1.807) is 0 Å². The summed E-state index contributed by atoms with van der Waals surface area (Å²) in [4.78, 5) is 2.18. The Bertz CT molecular complexity index is 544. The van der Waals surface area contributed by atoms with Gasteiger partial charge in [0.1, 0.15) is 5.82 Å². The van der Waals surface area contributed by atoms with Gasteiger partial charge in [0.05, 0.1) is 5.56 Å². The number of alkyl halides is 3. The highest BCUT2D eigenvalue weighted by atomic mass is 35.5. The van der Waals surface area contributed by atoms with Crippen molar-refractivity contribution in [1.82, 2.24) is 10.2 Å². The molecule has 2 aliphatic rings. The lowest BCUT2D eigenvalue weighted by Crippen LogP contribution is -2.47. The summed E-state index contributed by atoms with van der Waals surface area (Å²) in [5, 5.41) is 3.25. The van der Waals surface area contributed by atoms with Crippen LogP contribution >= 0.6 is 24.8 Å². The Labute approximate surface area is 163 Å². The molecule has 2 heterocycles. The molecule has 2 fully saturated rings. The van der Waals surface area contributed by atoms with Crippen LogP contribution in [0.25, 0.3) is 0 Å². The van der Waals surface area contributed by atoms with Gasteiger partial charge in [0.25, 0.3) is 0 Å². The van der Waals surface area contributed by atoms with Gasteiger partial charge in [-0.05, 0) is 42.5 Å². The molecule has 3 nitrogen and oxygen atoms in total. The standard InChI is InChI=1S/C17H22F4N2O.2ClH/c18-15-10-13(9-14(11-15)17(19,20)21)16(12-1-7-24-8-2-12)23-5-3-22-4-6-23;;/h9-12,16,22H,1-8H2;2*1H/t16-;;/m0../s1. The van der Waals surface area contributed by atoms with Gasteiger partial charge in [0.2, 0.25) is 0 Å². The number of halogens is 6. The normalized spacial score (nSPS) is 20.8. The number of hydrogen-bond donors (Lipinski definition) is 1. The highest BCUT2D eigenvalue weighted by molar-refractivity contribution is 5.85. The lowest BCUT2D eigenvalue weighted by Gasteiger charge is -2.41. The first-order chi connectivity index (χ1) is 11.4. The molecular formula is C17H24Cl2F4N2O. The van der Waals surface area contributed by atoms with Crippen LogP contribution < -0.4 is 5.32 Å². The van der Waals surface area contributed by atoms with Gasteiger partial charge < -0.3 is 10.1 Å². The van der Waals surface area contributed by atoms with E-state index in [2.05, 4.69) is 10.2 Å². The van der Waals surface area contributed by atoms with Gasteiger partial charge >= 0.3 is 6.18 Å². The molecule has 0 bridgehead atoms. The van der Waals surface area contributed by atoms with Crippen molar-refractivity contribution < 1.29 is 22.3 Å². The first kappa shape index (κ1) is 23.4. The highest BCUT2D eigenvalue weighted by Gasteiger charge is 2.35. The summed E-state index contributed by atoms with van der Waals surface area (Å²) >= 11 is 0. The molecule has 9 heteroatoms. The molecule has 0 aliphatic carbocycles. The molecule has 3 rings (SSSR count). The Kier molecular flexibility index (Phi) is 9.09. The minimum Gasteiger partial charge on any atom is -0.381 e. The van der Waals surface area contributed by atoms with Crippen molar-refractivity contribution in [2.24, 2.45) is 5.92 Å². The zero-order valence-electron chi connectivity index (χ0n) is 14.2. The zero-order chi connectivity index (χ0) is 17.2. The Morgan fingerprint density at radius 1 is 1.04 bits per heavy atom. The molecule has 1 atom stereocenters. The van der Waals surface area contributed by atoms with Gasteiger partial charge in [-0.25, -0.2) is 4.39 Å². The summed E-state index contributed by atoms with van der Waals surface area (Å²) in [5.74, 6) is -0.647. The van der Waals surface area contributed by atoms with Crippen molar-refractivity contribution in [2.75, 3.05) is 39.4 Å². The molecule has 0 spiro atoms. The average molecular weight is 419 g/mol. The molecule has 2 saturated heterocycles. The first-order valence-electron chi connectivity index (χ1n) is 8.35. The van der Waals surface area contributed by atoms with E-state index in [0.29, 0.717) is 24.8 Å². The van der Waals surface area contributed by atoms with E-state index >= 15 is 0 Å². The van der Waals surface area contributed by atoms with E-state index in [1.165, 1.54) is 6.07 Å². The molecule has 150 valence electrons. The summed E-state index contributed by atoms with van der Waals surface area (Å²) in [6, 6.07) is 2.75. The second-order valence-corrected chi connectivity index (χ2v) is 6.45. The zero-order valence-corrected chi connectivity index (χ0v) is 15.9. The summed E-state index contributed by atoms with van der Waals surface area (Å²) in [6.07, 6.45) is -2.97. The summed E-state index contributed by atoms with van der Waals surface area (Å²) in [6.45, 7) is 4.30. The molecule has 0 amide bonds. The maximum atomic E-state index is 13.9. The van der Waals surface area contributed by atoms with E-state index in [9.17, 15) is 17.6 Å². The summed E-state index contributed by atoms with van der Waals surface area (Å²) < 4.78 is 58.5. The van der Waals surface area contributed by atoms with E-state index in [1.807, 2.05) is 0 Å². The predicted molar refractivity (Wildman–Crippen MR) is 96.6 cm³/mol. The third-order valence-corrected chi connectivity index (χ3v) is 4.85. The summed E-state index contributed by atoms with van der Waals surface area (Å²) in [7, 11) is 0. The van der Waals surface area contributed by atoms with Crippen LogP contribution in [0.4, 0.5) is 17.6 Å². The maximum absolute atomic E-state index is 13.9. The SMILES string of the molecule is Cl.Cl.Fc1cc([C@H](C2CCOCC2)N2CCNCC2)cc(C(F)(F)F)c1. The van der Waals surface area contributed by atoms with E-state index in [-0.39, 0.29) is 36.8 Å². The van der Waals surface area contributed by atoms with E-state index in [4.69, 9.17) is 4.74 Å². The van der Waals surface area contributed by atoms with Gasteiger partial charge in [-0.1, -0.05) is 0 Å². The number of piperazine rings is 1. The molecule has 0 radical (unpaired) electrons.